The van der Waals surface area contributed by atoms with Crippen molar-refractivity contribution in [2.24, 2.45) is 0 Å². The molecule has 0 aliphatic carbocycles. The highest BCUT2D eigenvalue weighted by atomic mass is 35.5. The zero-order valence-electron chi connectivity index (χ0n) is 20.5. The number of carbonyl (C=O) groups is 2. The molecule has 0 spiro atoms. The minimum Gasteiger partial charge on any atom is -0.494 e. The minimum atomic E-state index is -0.650. The molecule has 0 heterocycles. The molecule has 5 nitrogen and oxygen atoms in total. The number of hydrogen-bond donors (Lipinski definition) is 1. The third-order valence-electron chi connectivity index (χ3n) is 5.68. The summed E-state index contributed by atoms with van der Waals surface area (Å²) >= 11 is 12.1. The molecule has 1 N–H and O–H groups in total. The molecule has 3 aromatic carbocycles. The fourth-order valence-corrected chi connectivity index (χ4v) is 4.18. The zero-order chi connectivity index (χ0) is 25.8. The van der Waals surface area contributed by atoms with Crippen LogP contribution in [0, 0.1) is 0 Å². The second kappa shape index (κ2) is 14.5. The molecule has 0 radical (unpaired) electrons. The van der Waals surface area contributed by atoms with E-state index >= 15 is 0 Å². The Balaban J connectivity index is 1.77. The lowest BCUT2D eigenvalue weighted by Crippen LogP contribution is -2.50. The predicted octanol–water partition coefficient (Wildman–Crippen LogP) is 6.32. The second-order valence-corrected chi connectivity index (χ2v) is 9.43. The van der Waals surface area contributed by atoms with E-state index < -0.39 is 6.04 Å². The fourth-order valence-electron chi connectivity index (χ4n) is 3.84. The van der Waals surface area contributed by atoms with Crippen molar-refractivity contribution >= 4 is 35.0 Å². The fraction of sp³-hybridized carbons (Fsp3) is 0.310. The van der Waals surface area contributed by atoms with Gasteiger partial charge in [0.25, 0.3) is 0 Å². The van der Waals surface area contributed by atoms with Gasteiger partial charge in [0.05, 0.1) is 6.61 Å². The van der Waals surface area contributed by atoms with Gasteiger partial charge in [-0.1, -0.05) is 72.6 Å². The van der Waals surface area contributed by atoms with Crippen LogP contribution in [0.5, 0.6) is 5.75 Å². The highest BCUT2D eigenvalue weighted by Crippen LogP contribution is 2.19. The molecule has 0 aliphatic rings. The number of hydrogen-bond acceptors (Lipinski definition) is 3. The first-order chi connectivity index (χ1) is 17.5. The number of nitrogens with one attached hydrogen (secondary N) is 1. The molecule has 1 atom stereocenters. The summed E-state index contributed by atoms with van der Waals surface area (Å²) in [5, 5.41) is 4.21. The van der Waals surface area contributed by atoms with Crippen molar-refractivity contribution in [1.82, 2.24) is 10.2 Å². The lowest BCUT2D eigenvalue weighted by molar-refractivity contribution is -0.141. The number of benzene rings is 3. The van der Waals surface area contributed by atoms with Gasteiger partial charge in [-0.05, 0) is 60.4 Å². The Morgan fingerprint density at radius 3 is 2.33 bits per heavy atom. The van der Waals surface area contributed by atoms with Gasteiger partial charge in [-0.15, -0.1) is 0 Å². The summed E-state index contributed by atoms with van der Waals surface area (Å²) in [4.78, 5) is 28.5. The van der Waals surface area contributed by atoms with E-state index in [1.807, 2.05) is 55.5 Å². The molecule has 0 aliphatic heterocycles. The molecule has 0 fully saturated rings. The van der Waals surface area contributed by atoms with Gasteiger partial charge in [0.15, 0.2) is 0 Å². The summed E-state index contributed by atoms with van der Waals surface area (Å²) in [6.45, 7) is 3.22. The molecular weight excluding hydrogens is 495 g/mol. The molecule has 3 rings (SSSR count). The summed E-state index contributed by atoms with van der Waals surface area (Å²) < 4.78 is 5.76. The third-order valence-corrected chi connectivity index (χ3v) is 6.17. The first kappa shape index (κ1) is 27.6. The maximum atomic E-state index is 13.5. The summed E-state index contributed by atoms with van der Waals surface area (Å²) in [5.74, 6) is 0.430. The molecule has 0 saturated carbocycles. The van der Waals surface area contributed by atoms with E-state index in [-0.39, 0.29) is 24.8 Å². The molecule has 190 valence electrons. The number of ether oxygens (including phenoxy) is 1. The highest BCUT2D eigenvalue weighted by Gasteiger charge is 2.30. The van der Waals surface area contributed by atoms with Crippen LogP contribution >= 0.6 is 23.2 Å². The van der Waals surface area contributed by atoms with Crippen molar-refractivity contribution in [1.29, 1.82) is 0 Å². The largest absolute Gasteiger partial charge is 0.494 e. The normalized spacial score (nSPS) is 11.5. The van der Waals surface area contributed by atoms with Gasteiger partial charge >= 0.3 is 0 Å². The maximum Gasteiger partial charge on any atom is 0.243 e. The second-order valence-electron chi connectivity index (χ2n) is 8.55. The van der Waals surface area contributed by atoms with Crippen LogP contribution in [0.25, 0.3) is 0 Å². The van der Waals surface area contributed by atoms with Crippen molar-refractivity contribution < 1.29 is 14.3 Å². The van der Waals surface area contributed by atoms with E-state index in [0.29, 0.717) is 41.8 Å². The van der Waals surface area contributed by atoms with Gasteiger partial charge in [0.2, 0.25) is 11.8 Å². The maximum absolute atomic E-state index is 13.5. The summed E-state index contributed by atoms with van der Waals surface area (Å²) in [6.07, 6.45) is 2.00. The zero-order valence-corrected chi connectivity index (χ0v) is 22.0. The van der Waals surface area contributed by atoms with E-state index in [4.69, 9.17) is 27.9 Å². The van der Waals surface area contributed by atoms with E-state index in [0.717, 1.165) is 17.5 Å². The molecule has 0 aromatic heterocycles. The van der Waals surface area contributed by atoms with Crippen LogP contribution in [0.4, 0.5) is 0 Å². The third kappa shape index (κ3) is 8.89. The van der Waals surface area contributed by atoms with E-state index in [2.05, 4.69) is 5.32 Å². The Kier molecular flexibility index (Phi) is 11.1. The summed E-state index contributed by atoms with van der Waals surface area (Å²) in [5.41, 5.74) is 1.86. The van der Waals surface area contributed by atoms with Crippen LogP contribution in [0.3, 0.4) is 0 Å². The Morgan fingerprint density at radius 1 is 0.917 bits per heavy atom. The van der Waals surface area contributed by atoms with Gasteiger partial charge in [-0.3, -0.25) is 9.59 Å². The van der Waals surface area contributed by atoms with Crippen LogP contribution in [-0.2, 0) is 22.6 Å². The average molecular weight is 527 g/mol. The van der Waals surface area contributed by atoms with Crippen LogP contribution in [0.2, 0.25) is 10.0 Å². The highest BCUT2D eigenvalue weighted by molar-refractivity contribution is 6.30. The topological polar surface area (TPSA) is 58.6 Å². The van der Waals surface area contributed by atoms with E-state index in [1.54, 1.807) is 35.2 Å². The summed E-state index contributed by atoms with van der Waals surface area (Å²) in [6, 6.07) is 23.6. The van der Waals surface area contributed by atoms with Crippen LogP contribution in [0.15, 0.2) is 78.9 Å². The number of halogens is 2. The van der Waals surface area contributed by atoms with Crippen LogP contribution in [0.1, 0.15) is 37.3 Å². The molecule has 3 aromatic rings. The quantitative estimate of drug-likeness (QED) is 0.265. The van der Waals surface area contributed by atoms with Gasteiger partial charge in [-0.25, -0.2) is 0 Å². The lowest BCUT2D eigenvalue weighted by Gasteiger charge is -2.31. The number of amides is 2. The van der Waals surface area contributed by atoms with Gasteiger partial charge in [0, 0.05) is 36.0 Å². The van der Waals surface area contributed by atoms with Gasteiger partial charge in [-0.2, -0.15) is 0 Å². The molecule has 7 heteroatoms. The van der Waals surface area contributed by atoms with Crippen LogP contribution < -0.4 is 10.1 Å². The predicted molar refractivity (Wildman–Crippen MR) is 145 cm³/mol. The standard InChI is InChI=1S/C29H32Cl2N2O3/c1-2-17-32-29(35)27(20-22-8-4-3-5-9-22)33(21-23-10-6-11-25(31)19-23)28(34)12-7-18-36-26-15-13-24(30)14-16-26/h3-6,8-11,13-16,19,27H,2,7,12,17-18,20-21H2,1H3,(H,32,35). The average Bonchev–Trinajstić information content (AvgIpc) is 2.88. The first-order valence-corrected chi connectivity index (χ1v) is 13.0. The van der Waals surface area contributed by atoms with Crippen molar-refractivity contribution in [3.63, 3.8) is 0 Å². The van der Waals surface area contributed by atoms with E-state index in [1.165, 1.54) is 0 Å². The molecule has 0 bridgehead atoms. The first-order valence-electron chi connectivity index (χ1n) is 12.2. The molecule has 0 saturated heterocycles. The van der Waals surface area contributed by atoms with Crippen LogP contribution in [-0.4, -0.2) is 35.9 Å². The number of rotatable bonds is 13. The molecule has 1 unspecified atom stereocenters. The molecule has 2 amide bonds. The van der Waals surface area contributed by atoms with Crippen molar-refractivity contribution in [2.45, 2.75) is 45.2 Å². The Hall–Kier alpha value is -3.02. The molecule has 36 heavy (non-hydrogen) atoms. The van der Waals surface area contributed by atoms with Crippen molar-refractivity contribution in [3.05, 3.63) is 100 Å². The van der Waals surface area contributed by atoms with E-state index in [9.17, 15) is 9.59 Å². The Morgan fingerprint density at radius 2 is 1.64 bits per heavy atom. The smallest absolute Gasteiger partial charge is 0.243 e. The number of nitrogens with zero attached hydrogens (tertiary/aromatic N) is 1. The Bertz CT molecular complexity index is 1110. The monoisotopic (exact) mass is 526 g/mol. The van der Waals surface area contributed by atoms with Gasteiger partial charge < -0.3 is 15.0 Å². The SMILES string of the molecule is CCCNC(=O)C(Cc1ccccc1)N(Cc1cccc(Cl)c1)C(=O)CCCOc1ccc(Cl)cc1. The van der Waals surface area contributed by atoms with Crippen molar-refractivity contribution in [3.8, 4) is 5.75 Å². The lowest BCUT2D eigenvalue weighted by atomic mass is 10.0. The Labute approximate surface area is 223 Å². The molecular formula is C29H32Cl2N2O3. The number of carbonyl (C=O) groups excluding carboxylic acids is 2. The summed E-state index contributed by atoms with van der Waals surface area (Å²) in [7, 11) is 0. The minimum absolute atomic E-state index is 0.109. The van der Waals surface area contributed by atoms with Crippen molar-refractivity contribution in [2.75, 3.05) is 13.2 Å². The van der Waals surface area contributed by atoms with Gasteiger partial charge in [0.1, 0.15) is 11.8 Å².